The van der Waals surface area contributed by atoms with Gasteiger partial charge in [-0.1, -0.05) is 31.5 Å². The van der Waals surface area contributed by atoms with Crippen LogP contribution in [0.25, 0.3) is 10.9 Å². The van der Waals surface area contributed by atoms with Crippen molar-refractivity contribution in [2.24, 2.45) is 5.41 Å². The van der Waals surface area contributed by atoms with Crippen molar-refractivity contribution in [3.8, 4) is 0 Å². The van der Waals surface area contributed by atoms with Gasteiger partial charge in [-0.15, -0.1) is 0 Å². The first-order valence-electron chi connectivity index (χ1n) is 6.72. The molecule has 20 heavy (non-hydrogen) atoms. The second-order valence-corrected chi connectivity index (χ2v) is 6.60. The highest BCUT2D eigenvalue weighted by molar-refractivity contribution is 6.36. The van der Waals surface area contributed by atoms with E-state index in [1.54, 1.807) is 6.07 Å². The Bertz CT molecular complexity index is 722. The zero-order chi connectivity index (χ0) is 14.5. The Labute approximate surface area is 122 Å². The summed E-state index contributed by atoms with van der Waals surface area (Å²) in [6.07, 6.45) is 2.58. The summed E-state index contributed by atoms with van der Waals surface area (Å²) in [7, 11) is 0. The fraction of sp³-hybridized carbons (Fsp3) is 0.375. The van der Waals surface area contributed by atoms with Crippen molar-refractivity contribution < 1.29 is 9.90 Å². The quantitative estimate of drug-likeness (QED) is 0.860. The third kappa shape index (κ3) is 2.06. The van der Waals surface area contributed by atoms with Gasteiger partial charge in [-0.2, -0.15) is 0 Å². The Hall–Kier alpha value is -1.61. The minimum atomic E-state index is -0.917. The average molecular weight is 290 g/mol. The average Bonchev–Trinajstić information content (AvgIpc) is 2.36. The Morgan fingerprint density at radius 3 is 2.85 bits per heavy atom. The van der Waals surface area contributed by atoms with E-state index in [4.69, 9.17) is 11.6 Å². The maximum absolute atomic E-state index is 11.8. The number of nitrogens with zero attached hydrogens (tertiary/aromatic N) is 1. The molecule has 1 N–H and O–H groups in total. The fourth-order valence-electron chi connectivity index (χ4n) is 3.02. The number of aromatic carboxylic acids is 1. The molecule has 0 atom stereocenters. The lowest BCUT2D eigenvalue weighted by Crippen LogP contribution is -2.25. The van der Waals surface area contributed by atoms with E-state index in [1.165, 1.54) is 0 Å². The number of rotatable bonds is 1. The maximum Gasteiger partial charge on any atom is 0.336 e. The first-order chi connectivity index (χ1) is 9.39. The highest BCUT2D eigenvalue weighted by Crippen LogP contribution is 2.39. The summed E-state index contributed by atoms with van der Waals surface area (Å²) in [6, 6.07) is 5.36. The Balaban J connectivity index is 2.40. The third-order valence-corrected chi connectivity index (χ3v) is 4.37. The summed E-state index contributed by atoms with van der Waals surface area (Å²) in [6.45, 7) is 4.33. The minimum Gasteiger partial charge on any atom is -0.478 e. The van der Waals surface area contributed by atoms with Crippen LogP contribution >= 0.6 is 11.6 Å². The van der Waals surface area contributed by atoms with E-state index >= 15 is 0 Å². The van der Waals surface area contributed by atoms with Crippen LogP contribution in [0.1, 0.15) is 41.9 Å². The lowest BCUT2D eigenvalue weighted by Gasteiger charge is -2.32. The van der Waals surface area contributed by atoms with Gasteiger partial charge in [-0.05, 0) is 42.4 Å². The van der Waals surface area contributed by atoms with E-state index in [1.807, 2.05) is 12.1 Å². The van der Waals surface area contributed by atoms with Crippen LogP contribution in [0.15, 0.2) is 18.2 Å². The van der Waals surface area contributed by atoms with Crippen molar-refractivity contribution in [1.82, 2.24) is 4.98 Å². The van der Waals surface area contributed by atoms with Gasteiger partial charge in [-0.3, -0.25) is 4.98 Å². The number of halogens is 1. The predicted octanol–water partition coefficient (Wildman–Crippen LogP) is 4.10. The number of carboxylic acids is 1. The van der Waals surface area contributed by atoms with Crippen LogP contribution in [0.3, 0.4) is 0 Å². The largest absolute Gasteiger partial charge is 0.478 e. The molecule has 104 valence electrons. The maximum atomic E-state index is 11.8. The van der Waals surface area contributed by atoms with Gasteiger partial charge in [0.15, 0.2) is 0 Å². The summed E-state index contributed by atoms with van der Waals surface area (Å²) in [5.41, 5.74) is 2.89. The van der Waals surface area contributed by atoms with Gasteiger partial charge in [-0.25, -0.2) is 4.79 Å². The van der Waals surface area contributed by atoms with E-state index in [-0.39, 0.29) is 5.41 Å². The summed E-state index contributed by atoms with van der Waals surface area (Å²) >= 11 is 6.22. The molecule has 1 aliphatic rings. The number of fused-ring (bicyclic) bond motifs is 2. The van der Waals surface area contributed by atoms with Crippen molar-refractivity contribution >= 4 is 28.5 Å². The molecule has 2 aromatic rings. The molecule has 0 unspecified atom stereocenters. The van der Waals surface area contributed by atoms with Crippen LogP contribution < -0.4 is 0 Å². The number of hydrogen-bond acceptors (Lipinski definition) is 2. The summed E-state index contributed by atoms with van der Waals surface area (Å²) < 4.78 is 0. The lowest BCUT2D eigenvalue weighted by molar-refractivity contribution is 0.0696. The number of aryl methyl sites for hydroxylation is 1. The highest BCUT2D eigenvalue weighted by Gasteiger charge is 2.31. The van der Waals surface area contributed by atoms with Gasteiger partial charge in [0.2, 0.25) is 0 Å². The molecular weight excluding hydrogens is 274 g/mol. The molecule has 4 heteroatoms. The minimum absolute atomic E-state index is 0.105. The Kier molecular flexibility index (Phi) is 2.98. The van der Waals surface area contributed by atoms with E-state index < -0.39 is 5.97 Å². The molecule has 0 saturated carbocycles. The molecule has 0 radical (unpaired) electrons. The van der Waals surface area contributed by atoms with Crippen molar-refractivity contribution in [2.75, 3.05) is 0 Å². The van der Waals surface area contributed by atoms with Gasteiger partial charge in [0.1, 0.15) is 0 Å². The summed E-state index contributed by atoms with van der Waals surface area (Å²) in [5, 5.41) is 10.7. The molecule has 0 amide bonds. The number of pyridine rings is 1. The van der Waals surface area contributed by atoms with E-state index in [2.05, 4.69) is 18.8 Å². The summed E-state index contributed by atoms with van der Waals surface area (Å²) in [4.78, 5) is 16.4. The molecule has 0 aliphatic heterocycles. The monoisotopic (exact) mass is 289 g/mol. The van der Waals surface area contributed by atoms with Gasteiger partial charge in [0.05, 0.1) is 16.1 Å². The van der Waals surface area contributed by atoms with E-state index in [0.29, 0.717) is 21.5 Å². The molecule has 0 spiro atoms. The molecule has 0 saturated heterocycles. The molecule has 1 aromatic carbocycles. The molecule has 0 fully saturated rings. The number of carbonyl (C=O) groups is 1. The molecule has 1 aromatic heterocycles. The van der Waals surface area contributed by atoms with Crippen molar-refractivity contribution in [3.05, 3.63) is 40.0 Å². The number of benzene rings is 1. The first kappa shape index (κ1) is 13.4. The van der Waals surface area contributed by atoms with Crippen LogP contribution in [0.5, 0.6) is 0 Å². The Morgan fingerprint density at radius 1 is 1.40 bits per heavy atom. The van der Waals surface area contributed by atoms with Gasteiger partial charge in [0.25, 0.3) is 0 Å². The normalized spacial score (nSPS) is 16.9. The van der Waals surface area contributed by atoms with Crippen LogP contribution in [0, 0.1) is 5.41 Å². The van der Waals surface area contributed by atoms with Crippen molar-refractivity contribution in [2.45, 2.75) is 33.1 Å². The van der Waals surface area contributed by atoms with Crippen LogP contribution in [-0.2, 0) is 12.8 Å². The van der Waals surface area contributed by atoms with Gasteiger partial charge < -0.3 is 5.11 Å². The summed E-state index contributed by atoms with van der Waals surface area (Å²) in [5.74, 6) is -0.917. The molecule has 3 nitrogen and oxygen atoms in total. The third-order valence-electron chi connectivity index (χ3n) is 4.05. The first-order valence-corrected chi connectivity index (χ1v) is 7.10. The van der Waals surface area contributed by atoms with Crippen LogP contribution in [0.4, 0.5) is 0 Å². The molecule has 3 rings (SSSR count). The second-order valence-electron chi connectivity index (χ2n) is 6.19. The van der Waals surface area contributed by atoms with Gasteiger partial charge in [0, 0.05) is 11.1 Å². The topological polar surface area (TPSA) is 50.2 Å². The molecular formula is C16H16ClNO2. The van der Waals surface area contributed by atoms with Crippen LogP contribution in [0.2, 0.25) is 5.02 Å². The van der Waals surface area contributed by atoms with E-state index in [0.717, 1.165) is 30.5 Å². The van der Waals surface area contributed by atoms with Crippen LogP contribution in [-0.4, -0.2) is 16.1 Å². The highest BCUT2D eigenvalue weighted by atomic mass is 35.5. The number of aromatic nitrogens is 1. The van der Waals surface area contributed by atoms with Crippen molar-refractivity contribution in [1.29, 1.82) is 0 Å². The molecule has 1 aliphatic carbocycles. The molecule has 0 bridgehead atoms. The van der Waals surface area contributed by atoms with E-state index in [9.17, 15) is 9.90 Å². The number of carboxylic acid groups (broad SMARTS) is 1. The smallest absolute Gasteiger partial charge is 0.336 e. The SMILES string of the molecule is CC1(C)CCc2nc3cccc(Cl)c3c(C(=O)O)c2C1. The fourth-order valence-corrected chi connectivity index (χ4v) is 3.28. The predicted molar refractivity (Wildman–Crippen MR) is 79.5 cm³/mol. The zero-order valence-corrected chi connectivity index (χ0v) is 12.3. The second kappa shape index (κ2) is 4.45. The number of hydrogen-bond donors (Lipinski definition) is 1. The zero-order valence-electron chi connectivity index (χ0n) is 11.5. The molecule has 1 heterocycles. The van der Waals surface area contributed by atoms with Gasteiger partial charge >= 0.3 is 5.97 Å². The standard InChI is InChI=1S/C16H16ClNO2/c1-16(2)7-6-11-9(8-16)13(15(19)20)14-10(17)4-3-5-12(14)18-11/h3-5H,6-8H2,1-2H3,(H,19,20). The van der Waals surface area contributed by atoms with Crippen molar-refractivity contribution in [3.63, 3.8) is 0 Å². The lowest BCUT2D eigenvalue weighted by atomic mass is 9.74. The Morgan fingerprint density at radius 2 is 2.15 bits per heavy atom.